The van der Waals surface area contributed by atoms with Gasteiger partial charge in [-0.1, -0.05) is 17.7 Å². The summed E-state index contributed by atoms with van der Waals surface area (Å²) in [5.41, 5.74) is 4.46. The quantitative estimate of drug-likeness (QED) is 0.520. The third-order valence-corrected chi connectivity index (χ3v) is 4.04. The molecule has 0 aliphatic carbocycles. The second-order valence-corrected chi connectivity index (χ2v) is 6.00. The normalized spacial score (nSPS) is 10.8. The zero-order valence-corrected chi connectivity index (χ0v) is 14.6. The molecule has 0 radical (unpaired) electrons. The Balaban J connectivity index is 1.53. The molecule has 5 heteroatoms. The Kier molecular flexibility index (Phi) is 4.27. The summed E-state index contributed by atoms with van der Waals surface area (Å²) in [6, 6.07) is 17.4. The van der Waals surface area contributed by atoms with E-state index in [1.54, 1.807) is 13.3 Å². The van der Waals surface area contributed by atoms with Crippen LogP contribution in [0.2, 0.25) is 0 Å². The summed E-state index contributed by atoms with van der Waals surface area (Å²) >= 11 is 0. The molecule has 130 valence electrons. The molecule has 2 heterocycles. The summed E-state index contributed by atoms with van der Waals surface area (Å²) in [6.45, 7) is 2.42. The van der Waals surface area contributed by atoms with Gasteiger partial charge >= 0.3 is 0 Å². The number of aryl methyl sites for hydroxylation is 1. The molecule has 0 saturated heterocycles. The predicted molar refractivity (Wildman–Crippen MR) is 99.3 cm³/mol. The van der Waals surface area contributed by atoms with Crippen molar-refractivity contribution < 1.29 is 13.9 Å². The second kappa shape index (κ2) is 6.88. The van der Waals surface area contributed by atoms with E-state index in [1.165, 1.54) is 5.56 Å². The maximum absolute atomic E-state index is 5.86. The van der Waals surface area contributed by atoms with Crippen molar-refractivity contribution in [3.8, 4) is 23.0 Å². The molecule has 5 nitrogen and oxygen atoms in total. The first-order valence-corrected chi connectivity index (χ1v) is 8.30. The van der Waals surface area contributed by atoms with E-state index in [1.807, 2.05) is 55.5 Å². The van der Waals surface area contributed by atoms with Gasteiger partial charge in [0.25, 0.3) is 0 Å². The van der Waals surface area contributed by atoms with Crippen molar-refractivity contribution >= 4 is 11.1 Å². The molecule has 2 aromatic heterocycles. The van der Waals surface area contributed by atoms with Crippen LogP contribution in [-0.4, -0.2) is 17.1 Å². The fourth-order valence-electron chi connectivity index (χ4n) is 2.67. The predicted octanol–water partition coefficient (Wildman–Crippen LogP) is 4.79. The highest BCUT2D eigenvalue weighted by molar-refractivity contribution is 5.77. The van der Waals surface area contributed by atoms with E-state index in [9.17, 15) is 0 Å². The van der Waals surface area contributed by atoms with Gasteiger partial charge in [0.2, 0.25) is 5.89 Å². The van der Waals surface area contributed by atoms with E-state index in [2.05, 4.69) is 16.0 Å². The van der Waals surface area contributed by atoms with Gasteiger partial charge in [0, 0.05) is 11.6 Å². The summed E-state index contributed by atoms with van der Waals surface area (Å²) in [7, 11) is 1.62. The van der Waals surface area contributed by atoms with E-state index in [-0.39, 0.29) is 0 Å². The van der Waals surface area contributed by atoms with Crippen LogP contribution in [0.15, 0.2) is 65.2 Å². The highest BCUT2D eigenvalue weighted by atomic mass is 16.5. The number of oxazole rings is 1. The minimum absolute atomic E-state index is 0.373. The zero-order chi connectivity index (χ0) is 17.9. The number of nitrogens with zero attached hydrogens (tertiary/aromatic N) is 2. The lowest BCUT2D eigenvalue weighted by molar-refractivity contribution is 0.301. The van der Waals surface area contributed by atoms with Crippen LogP contribution in [0.25, 0.3) is 22.6 Å². The zero-order valence-electron chi connectivity index (χ0n) is 14.6. The average molecular weight is 346 g/mol. The number of hydrogen-bond acceptors (Lipinski definition) is 5. The van der Waals surface area contributed by atoms with Gasteiger partial charge in [0.1, 0.15) is 23.6 Å². The SMILES string of the molecule is COc1ccc(COc2ccc3oc(-c4cccc(C)c4)nc3c2)nc1. The summed E-state index contributed by atoms with van der Waals surface area (Å²) in [5, 5.41) is 0. The summed E-state index contributed by atoms with van der Waals surface area (Å²) < 4.78 is 16.8. The highest BCUT2D eigenvalue weighted by Gasteiger charge is 2.09. The van der Waals surface area contributed by atoms with Crippen LogP contribution in [0, 0.1) is 6.92 Å². The Hall–Kier alpha value is -3.34. The maximum atomic E-state index is 5.86. The number of rotatable bonds is 5. The number of pyridine rings is 1. The molecule has 0 amide bonds. The van der Waals surface area contributed by atoms with Gasteiger partial charge in [-0.15, -0.1) is 0 Å². The number of methoxy groups -OCH3 is 1. The Bertz CT molecular complexity index is 1040. The summed E-state index contributed by atoms with van der Waals surface area (Å²) in [6.07, 6.45) is 1.67. The van der Waals surface area contributed by atoms with Crippen molar-refractivity contribution in [1.82, 2.24) is 9.97 Å². The Labute approximate surface area is 151 Å². The lowest BCUT2D eigenvalue weighted by Crippen LogP contribution is -1.98. The fraction of sp³-hybridized carbons (Fsp3) is 0.143. The molecule has 4 aromatic rings. The lowest BCUT2D eigenvalue weighted by Gasteiger charge is -2.06. The Morgan fingerprint density at radius 2 is 1.88 bits per heavy atom. The van der Waals surface area contributed by atoms with E-state index < -0.39 is 0 Å². The molecule has 0 aliphatic heterocycles. The number of hydrogen-bond donors (Lipinski definition) is 0. The highest BCUT2D eigenvalue weighted by Crippen LogP contribution is 2.27. The van der Waals surface area contributed by atoms with Crippen molar-refractivity contribution in [2.24, 2.45) is 0 Å². The topological polar surface area (TPSA) is 57.4 Å². The Morgan fingerprint density at radius 1 is 1.00 bits per heavy atom. The molecule has 0 aliphatic rings. The van der Waals surface area contributed by atoms with Crippen molar-refractivity contribution in [2.75, 3.05) is 7.11 Å². The number of fused-ring (bicyclic) bond motifs is 1. The monoisotopic (exact) mass is 346 g/mol. The smallest absolute Gasteiger partial charge is 0.227 e. The first-order valence-electron chi connectivity index (χ1n) is 8.30. The number of aromatic nitrogens is 2. The third kappa shape index (κ3) is 3.37. The van der Waals surface area contributed by atoms with Crippen molar-refractivity contribution in [2.45, 2.75) is 13.5 Å². The maximum Gasteiger partial charge on any atom is 0.227 e. The van der Waals surface area contributed by atoms with E-state index in [0.29, 0.717) is 12.5 Å². The average Bonchev–Trinajstić information content (AvgIpc) is 3.10. The molecule has 4 rings (SSSR count). The largest absolute Gasteiger partial charge is 0.495 e. The van der Waals surface area contributed by atoms with Crippen LogP contribution in [0.5, 0.6) is 11.5 Å². The van der Waals surface area contributed by atoms with Crippen LogP contribution >= 0.6 is 0 Å². The number of ether oxygens (including phenoxy) is 2. The van der Waals surface area contributed by atoms with E-state index in [4.69, 9.17) is 13.9 Å². The fourth-order valence-corrected chi connectivity index (χ4v) is 2.67. The van der Waals surface area contributed by atoms with Crippen molar-refractivity contribution in [1.29, 1.82) is 0 Å². The molecule has 0 saturated carbocycles. The van der Waals surface area contributed by atoms with Gasteiger partial charge in [0.05, 0.1) is 19.0 Å². The first-order chi connectivity index (χ1) is 12.7. The number of benzene rings is 2. The van der Waals surface area contributed by atoms with Gasteiger partial charge < -0.3 is 13.9 Å². The standard InChI is InChI=1S/C21H18N2O3/c1-14-4-3-5-15(10-14)21-23-19-11-17(8-9-20(19)26-21)25-13-16-6-7-18(24-2)12-22-16/h3-12H,13H2,1-2H3. The van der Waals surface area contributed by atoms with Crippen molar-refractivity contribution in [3.63, 3.8) is 0 Å². The minimum Gasteiger partial charge on any atom is -0.495 e. The van der Waals surface area contributed by atoms with Gasteiger partial charge in [-0.05, 0) is 43.3 Å². The van der Waals surface area contributed by atoms with Gasteiger partial charge in [0.15, 0.2) is 5.58 Å². The van der Waals surface area contributed by atoms with Crippen molar-refractivity contribution in [3.05, 3.63) is 72.1 Å². The third-order valence-electron chi connectivity index (χ3n) is 4.04. The van der Waals surface area contributed by atoms with Crippen LogP contribution in [0.1, 0.15) is 11.3 Å². The molecule has 0 unspecified atom stereocenters. The summed E-state index contributed by atoms with van der Waals surface area (Å²) in [4.78, 5) is 8.88. The van der Waals surface area contributed by atoms with Crippen LogP contribution in [0.4, 0.5) is 0 Å². The molecule has 0 fully saturated rings. The summed E-state index contributed by atoms with van der Waals surface area (Å²) in [5.74, 6) is 2.05. The lowest BCUT2D eigenvalue weighted by atomic mass is 10.1. The molecule has 0 N–H and O–H groups in total. The van der Waals surface area contributed by atoms with Gasteiger partial charge in [-0.2, -0.15) is 0 Å². The molecular weight excluding hydrogens is 328 g/mol. The van der Waals surface area contributed by atoms with Crippen LogP contribution in [0.3, 0.4) is 0 Å². The van der Waals surface area contributed by atoms with Gasteiger partial charge in [-0.3, -0.25) is 4.98 Å². The van der Waals surface area contributed by atoms with E-state index >= 15 is 0 Å². The molecule has 26 heavy (non-hydrogen) atoms. The van der Waals surface area contributed by atoms with Crippen LogP contribution in [-0.2, 0) is 6.61 Å². The molecular formula is C21H18N2O3. The van der Waals surface area contributed by atoms with Crippen LogP contribution < -0.4 is 9.47 Å². The molecule has 0 spiro atoms. The first kappa shape index (κ1) is 16.1. The molecule has 0 bridgehead atoms. The van der Waals surface area contributed by atoms with E-state index in [0.717, 1.165) is 33.9 Å². The molecule has 0 atom stereocenters. The molecule has 2 aromatic carbocycles. The Morgan fingerprint density at radius 3 is 2.65 bits per heavy atom. The minimum atomic E-state index is 0.373. The van der Waals surface area contributed by atoms with Gasteiger partial charge in [-0.25, -0.2) is 4.98 Å². The second-order valence-electron chi connectivity index (χ2n) is 6.00.